The molecule has 1 aromatic carbocycles. The van der Waals surface area contributed by atoms with E-state index in [-0.39, 0.29) is 36.7 Å². The standard InChI is InChI=1S/C29H38N8O5S/c1-18(2)14-21(28(40)37-15-22(33-34-30)26-25(37)24(38)16-42-26)31-27(39)20-6-4-19(5-7-20)23-17-43-29(32-23)36-10-8-35(9-11-36)12-13-41-3/h4-7,17-18,21-22,25-26H,8-16H2,1-3H3,(H,31,39)/t21-,22+,25+,26+/m0/s1. The summed E-state index contributed by atoms with van der Waals surface area (Å²) in [5.74, 6) is -0.885. The van der Waals surface area contributed by atoms with E-state index in [0.717, 1.165) is 55.7 Å². The number of methoxy groups -OCH3 is 1. The lowest BCUT2D eigenvalue weighted by Crippen LogP contribution is -2.52. The zero-order valence-corrected chi connectivity index (χ0v) is 25.5. The van der Waals surface area contributed by atoms with E-state index >= 15 is 0 Å². The summed E-state index contributed by atoms with van der Waals surface area (Å²) in [6.07, 6.45) is -0.271. The first-order valence-electron chi connectivity index (χ1n) is 14.6. The zero-order valence-electron chi connectivity index (χ0n) is 24.7. The van der Waals surface area contributed by atoms with Gasteiger partial charge in [0.25, 0.3) is 5.91 Å². The predicted molar refractivity (Wildman–Crippen MR) is 162 cm³/mol. The first kappa shape index (κ1) is 30.9. The van der Waals surface area contributed by atoms with Crippen molar-refractivity contribution < 1.29 is 23.9 Å². The van der Waals surface area contributed by atoms with Gasteiger partial charge in [0.05, 0.1) is 24.4 Å². The number of anilines is 1. The normalized spacial score (nSPS) is 22.9. The Hall–Kier alpha value is -3.55. The maximum Gasteiger partial charge on any atom is 0.251 e. The van der Waals surface area contributed by atoms with Crippen molar-refractivity contribution in [3.8, 4) is 11.3 Å². The van der Waals surface area contributed by atoms with Crippen molar-refractivity contribution in [3.63, 3.8) is 0 Å². The van der Waals surface area contributed by atoms with Gasteiger partial charge >= 0.3 is 0 Å². The molecule has 0 radical (unpaired) electrons. The maximum atomic E-state index is 13.7. The molecule has 1 N–H and O–H groups in total. The highest BCUT2D eigenvalue weighted by molar-refractivity contribution is 7.14. The molecule has 0 saturated carbocycles. The van der Waals surface area contributed by atoms with E-state index in [0.29, 0.717) is 12.0 Å². The summed E-state index contributed by atoms with van der Waals surface area (Å²) in [5.41, 5.74) is 11.1. The fraction of sp³-hybridized carbons (Fsp3) is 0.586. The predicted octanol–water partition coefficient (Wildman–Crippen LogP) is 2.58. The van der Waals surface area contributed by atoms with E-state index in [1.165, 1.54) is 4.90 Å². The molecule has 3 aliphatic rings. The molecule has 0 aliphatic carbocycles. The van der Waals surface area contributed by atoms with Gasteiger partial charge in [0, 0.05) is 67.8 Å². The monoisotopic (exact) mass is 610 g/mol. The molecule has 2 amide bonds. The van der Waals surface area contributed by atoms with Crippen molar-refractivity contribution in [2.24, 2.45) is 11.0 Å². The molecular formula is C29H38N8O5S. The number of rotatable bonds is 11. The molecule has 4 atom stereocenters. The van der Waals surface area contributed by atoms with Crippen LogP contribution in [0.1, 0.15) is 30.6 Å². The Morgan fingerprint density at radius 2 is 1.98 bits per heavy atom. The van der Waals surface area contributed by atoms with Crippen LogP contribution in [0.3, 0.4) is 0 Å². The molecule has 0 bridgehead atoms. The lowest BCUT2D eigenvalue weighted by Gasteiger charge is -2.34. The zero-order chi connectivity index (χ0) is 30.5. The van der Waals surface area contributed by atoms with Crippen molar-refractivity contribution >= 4 is 34.1 Å². The van der Waals surface area contributed by atoms with E-state index in [1.54, 1.807) is 30.6 Å². The second-order valence-electron chi connectivity index (χ2n) is 11.5. The summed E-state index contributed by atoms with van der Waals surface area (Å²) < 4.78 is 10.7. The van der Waals surface area contributed by atoms with Crippen molar-refractivity contribution in [1.29, 1.82) is 0 Å². The average Bonchev–Trinajstić information content (AvgIpc) is 3.74. The highest BCUT2D eigenvalue weighted by Crippen LogP contribution is 2.31. The third-order valence-corrected chi connectivity index (χ3v) is 9.04. The second-order valence-corrected chi connectivity index (χ2v) is 12.4. The van der Waals surface area contributed by atoms with Crippen LogP contribution in [0.2, 0.25) is 0 Å². The number of nitrogens with zero attached hydrogens (tertiary/aromatic N) is 7. The van der Waals surface area contributed by atoms with Gasteiger partial charge in [-0.3, -0.25) is 19.3 Å². The molecular weight excluding hydrogens is 572 g/mol. The smallest absolute Gasteiger partial charge is 0.251 e. The lowest BCUT2D eigenvalue weighted by atomic mass is 10.0. The number of thiazole rings is 1. The SMILES string of the molecule is COCCN1CCN(c2nc(-c3ccc(C(=O)N[C@@H](CC(C)C)C(=O)N4C[C@@H](N=[N+]=[N-])[C@H]5OCC(=O)[C@H]54)cc3)cs2)CC1. The van der Waals surface area contributed by atoms with E-state index in [2.05, 4.69) is 25.1 Å². The Balaban J connectivity index is 1.23. The van der Waals surface area contributed by atoms with Gasteiger partial charge in [-0.15, -0.1) is 11.3 Å². The maximum absolute atomic E-state index is 13.7. The number of Topliss-reactive ketones (excluding diaryl/α,β-unsaturated/α-hetero) is 1. The van der Waals surface area contributed by atoms with E-state index in [4.69, 9.17) is 20.0 Å². The van der Waals surface area contributed by atoms with Gasteiger partial charge in [0.1, 0.15) is 18.7 Å². The lowest BCUT2D eigenvalue weighted by molar-refractivity contribution is -0.138. The number of benzene rings is 1. The quantitative estimate of drug-likeness (QED) is 0.231. The average molecular weight is 611 g/mol. The van der Waals surface area contributed by atoms with Gasteiger partial charge in [0.15, 0.2) is 10.9 Å². The number of carbonyl (C=O) groups is 3. The number of ether oxygens (including phenoxy) is 2. The molecule has 13 nitrogen and oxygen atoms in total. The van der Waals surface area contributed by atoms with Crippen LogP contribution in [0.5, 0.6) is 0 Å². The van der Waals surface area contributed by atoms with Gasteiger partial charge in [-0.1, -0.05) is 31.1 Å². The Labute approximate surface area is 254 Å². The molecule has 1 aromatic heterocycles. The first-order chi connectivity index (χ1) is 20.8. The van der Waals surface area contributed by atoms with Crippen LogP contribution in [0, 0.1) is 5.92 Å². The van der Waals surface area contributed by atoms with Crippen molar-refractivity contribution in [2.45, 2.75) is 44.5 Å². The molecule has 2 aromatic rings. The van der Waals surface area contributed by atoms with E-state index in [9.17, 15) is 14.4 Å². The fourth-order valence-electron chi connectivity index (χ4n) is 5.88. The third-order valence-electron chi connectivity index (χ3n) is 8.14. The fourth-order valence-corrected chi connectivity index (χ4v) is 6.77. The summed E-state index contributed by atoms with van der Waals surface area (Å²) in [7, 11) is 1.72. The highest BCUT2D eigenvalue weighted by atomic mass is 32.1. The molecule has 0 unspecified atom stereocenters. The minimum Gasteiger partial charge on any atom is -0.383 e. The summed E-state index contributed by atoms with van der Waals surface area (Å²) in [4.78, 5) is 53.3. The van der Waals surface area contributed by atoms with Gasteiger partial charge in [-0.05, 0) is 30.0 Å². The van der Waals surface area contributed by atoms with Crippen molar-refractivity contribution in [2.75, 3.05) is 64.5 Å². The molecule has 3 fully saturated rings. The van der Waals surface area contributed by atoms with Crippen LogP contribution < -0.4 is 10.2 Å². The van der Waals surface area contributed by atoms with Gasteiger partial charge in [-0.25, -0.2) is 4.98 Å². The van der Waals surface area contributed by atoms with Crippen LogP contribution in [-0.4, -0.2) is 116 Å². The van der Waals surface area contributed by atoms with Crippen LogP contribution in [0.25, 0.3) is 21.7 Å². The summed E-state index contributed by atoms with van der Waals surface area (Å²) in [6, 6.07) is 4.88. The number of nitrogens with one attached hydrogen (secondary N) is 1. The number of hydrogen-bond donors (Lipinski definition) is 1. The number of azide groups is 1. The third kappa shape index (κ3) is 7.00. The number of aromatic nitrogens is 1. The van der Waals surface area contributed by atoms with Crippen LogP contribution >= 0.6 is 11.3 Å². The number of piperazine rings is 1. The Kier molecular flexibility index (Phi) is 9.93. The largest absolute Gasteiger partial charge is 0.383 e. The molecule has 4 heterocycles. The molecule has 5 rings (SSSR count). The Morgan fingerprint density at radius 1 is 1.23 bits per heavy atom. The van der Waals surface area contributed by atoms with Crippen molar-refractivity contribution in [1.82, 2.24) is 20.1 Å². The van der Waals surface area contributed by atoms with Crippen molar-refractivity contribution in [3.05, 3.63) is 45.7 Å². The van der Waals surface area contributed by atoms with Gasteiger partial charge < -0.3 is 24.6 Å². The van der Waals surface area contributed by atoms with E-state index in [1.807, 2.05) is 31.4 Å². The number of amides is 2. The number of fused-ring (bicyclic) bond motifs is 1. The summed E-state index contributed by atoms with van der Waals surface area (Å²) >= 11 is 1.61. The summed E-state index contributed by atoms with van der Waals surface area (Å²) in [5, 5.41) is 9.64. The molecule has 230 valence electrons. The molecule has 0 spiro atoms. The minimum atomic E-state index is -0.845. The van der Waals surface area contributed by atoms with Crippen LogP contribution in [0.4, 0.5) is 5.13 Å². The number of carbonyl (C=O) groups excluding carboxylic acids is 3. The Morgan fingerprint density at radius 3 is 2.65 bits per heavy atom. The number of likely N-dealkylation sites (tertiary alicyclic amines) is 1. The molecule has 3 saturated heterocycles. The topological polar surface area (TPSA) is 153 Å². The van der Waals surface area contributed by atoms with Gasteiger partial charge in [-0.2, -0.15) is 0 Å². The number of hydrogen-bond acceptors (Lipinski definition) is 10. The van der Waals surface area contributed by atoms with E-state index < -0.39 is 24.2 Å². The molecule has 3 aliphatic heterocycles. The Bertz CT molecular complexity index is 1350. The number of ketones is 1. The van der Waals surface area contributed by atoms with Crippen LogP contribution in [0.15, 0.2) is 34.8 Å². The first-order valence-corrected chi connectivity index (χ1v) is 15.5. The van der Waals surface area contributed by atoms with Crippen LogP contribution in [-0.2, 0) is 19.1 Å². The van der Waals surface area contributed by atoms with Gasteiger partial charge in [0.2, 0.25) is 5.91 Å². The molecule has 14 heteroatoms. The summed E-state index contributed by atoms with van der Waals surface area (Å²) in [6.45, 7) is 9.31. The minimum absolute atomic E-state index is 0.0717. The molecule has 43 heavy (non-hydrogen) atoms. The second kappa shape index (κ2) is 13.8. The highest BCUT2D eigenvalue weighted by Gasteiger charge is 2.53.